The Labute approximate surface area is 195 Å². The van der Waals surface area contributed by atoms with Gasteiger partial charge in [-0.2, -0.15) is 0 Å². The van der Waals surface area contributed by atoms with E-state index in [1.807, 2.05) is 6.92 Å². The topological polar surface area (TPSA) is 88.6 Å². The van der Waals surface area contributed by atoms with E-state index in [0.29, 0.717) is 18.6 Å². The highest BCUT2D eigenvalue weighted by Gasteiger charge is 2.23. The van der Waals surface area contributed by atoms with Crippen LogP contribution in [0.5, 0.6) is 0 Å². The van der Waals surface area contributed by atoms with E-state index >= 15 is 0 Å². The van der Waals surface area contributed by atoms with E-state index in [9.17, 15) is 4.79 Å². The fraction of sp³-hybridized carbons (Fsp3) is 0.480. The number of nitrogens with zero attached hydrogens (tertiary/aromatic N) is 3. The second-order valence-electron chi connectivity index (χ2n) is 8.80. The Morgan fingerprint density at radius 2 is 2.09 bits per heavy atom. The van der Waals surface area contributed by atoms with E-state index in [2.05, 4.69) is 56.9 Å². The maximum absolute atomic E-state index is 12.0. The molecule has 2 saturated heterocycles. The number of carbonyl (C=O) groups is 1. The number of amides is 1. The molecule has 0 radical (unpaired) electrons. The molecule has 1 aromatic heterocycles. The van der Waals surface area contributed by atoms with Crippen LogP contribution in [0.25, 0.3) is 6.08 Å². The minimum atomic E-state index is -0.366. The molecule has 0 saturated carbocycles. The lowest BCUT2D eigenvalue weighted by Crippen LogP contribution is -2.32. The predicted molar refractivity (Wildman–Crippen MR) is 127 cm³/mol. The van der Waals surface area contributed by atoms with Gasteiger partial charge in [0.15, 0.2) is 6.29 Å². The number of carbonyl (C=O) groups excluding carboxylic acids is 1. The Balaban J connectivity index is 1.24. The molecule has 2 aliphatic rings. The molecule has 0 bridgehead atoms. The number of nitrogens with one attached hydrogen (secondary N) is 2. The van der Waals surface area contributed by atoms with Gasteiger partial charge >= 0.3 is 0 Å². The number of aromatic nitrogens is 2. The highest BCUT2D eigenvalue weighted by Crippen LogP contribution is 2.18. The summed E-state index contributed by atoms with van der Waals surface area (Å²) in [6.45, 7) is 7.66. The Kier molecular flexibility index (Phi) is 8.04. The van der Waals surface area contributed by atoms with Crippen molar-refractivity contribution < 1.29 is 14.4 Å². The molecule has 4 rings (SSSR count). The molecule has 2 aromatic rings. The van der Waals surface area contributed by atoms with Crippen LogP contribution in [0, 0.1) is 13.8 Å². The fourth-order valence-electron chi connectivity index (χ4n) is 4.07. The summed E-state index contributed by atoms with van der Waals surface area (Å²) in [6.07, 6.45) is 8.40. The van der Waals surface area contributed by atoms with E-state index in [4.69, 9.17) is 9.57 Å². The van der Waals surface area contributed by atoms with Crippen molar-refractivity contribution in [3.8, 4) is 0 Å². The molecule has 176 valence electrons. The first-order chi connectivity index (χ1) is 16.0. The maximum atomic E-state index is 12.0. The van der Waals surface area contributed by atoms with Crippen molar-refractivity contribution in [1.82, 2.24) is 20.3 Å². The smallest absolute Gasteiger partial charge is 0.267 e. The van der Waals surface area contributed by atoms with Gasteiger partial charge in [0.05, 0.1) is 5.69 Å². The number of rotatable bonds is 8. The van der Waals surface area contributed by atoms with Crippen LogP contribution < -0.4 is 10.8 Å². The molecule has 0 spiro atoms. The van der Waals surface area contributed by atoms with Crippen LogP contribution in [-0.2, 0) is 20.9 Å². The Hall–Kier alpha value is -2.81. The van der Waals surface area contributed by atoms with Crippen molar-refractivity contribution in [2.45, 2.75) is 58.4 Å². The van der Waals surface area contributed by atoms with Crippen LogP contribution in [0.4, 0.5) is 5.95 Å². The zero-order valence-corrected chi connectivity index (χ0v) is 19.4. The minimum absolute atomic E-state index is 0.321. The zero-order valence-electron chi connectivity index (χ0n) is 19.4. The Morgan fingerprint density at radius 3 is 2.85 bits per heavy atom. The fourth-order valence-corrected chi connectivity index (χ4v) is 4.07. The van der Waals surface area contributed by atoms with Gasteiger partial charge < -0.3 is 10.1 Å². The zero-order chi connectivity index (χ0) is 23.0. The van der Waals surface area contributed by atoms with Crippen molar-refractivity contribution in [1.29, 1.82) is 0 Å². The third-order valence-electron chi connectivity index (χ3n) is 5.99. The highest BCUT2D eigenvalue weighted by molar-refractivity contribution is 5.91. The number of hydrogen-bond acceptors (Lipinski definition) is 7. The van der Waals surface area contributed by atoms with E-state index in [1.165, 1.54) is 17.2 Å². The maximum Gasteiger partial charge on any atom is 0.267 e. The molecule has 1 unspecified atom stereocenters. The molecular formula is C25H33N5O3. The van der Waals surface area contributed by atoms with Crippen molar-refractivity contribution >= 4 is 17.9 Å². The second kappa shape index (κ2) is 11.4. The van der Waals surface area contributed by atoms with Crippen LogP contribution in [0.15, 0.2) is 36.5 Å². The van der Waals surface area contributed by atoms with E-state index in [1.54, 1.807) is 12.3 Å². The number of hydrogen-bond donors (Lipinski definition) is 2. The van der Waals surface area contributed by atoms with Crippen molar-refractivity contribution in [3.63, 3.8) is 0 Å². The van der Waals surface area contributed by atoms with E-state index < -0.39 is 0 Å². The van der Waals surface area contributed by atoms with Gasteiger partial charge in [0.1, 0.15) is 0 Å². The summed E-state index contributed by atoms with van der Waals surface area (Å²) >= 11 is 0. The van der Waals surface area contributed by atoms with Gasteiger partial charge in [-0.3, -0.25) is 9.69 Å². The Morgan fingerprint density at radius 1 is 1.24 bits per heavy atom. The summed E-state index contributed by atoms with van der Waals surface area (Å²) in [5.74, 6) is 0.277. The standard InChI is InChI=1S/C25H33N5O3/c1-18-6-8-20(9-7-18)16-30-13-12-22(17-30)28-25-26-15-21(19(2)27-25)10-11-23(31)29-33-24-5-3-4-14-32-24/h6-11,15,22,24H,3-5,12-14,16-17H2,1-2H3,(H,29,31)(H,26,27,28)/t22-,24?/m1/s1. The third kappa shape index (κ3) is 7.08. The summed E-state index contributed by atoms with van der Waals surface area (Å²) in [5.41, 5.74) is 6.64. The van der Waals surface area contributed by atoms with Crippen LogP contribution in [0.3, 0.4) is 0 Å². The lowest BCUT2D eigenvalue weighted by atomic mass is 10.1. The average Bonchev–Trinajstić information content (AvgIpc) is 3.26. The number of aryl methyl sites for hydroxylation is 2. The lowest BCUT2D eigenvalue weighted by Gasteiger charge is -2.21. The Bertz CT molecular complexity index is 957. The predicted octanol–water partition coefficient (Wildman–Crippen LogP) is 3.37. The number of anilines is 1. The van der Waals surface area contributed by atoms with Gasteiger partial charge in [0.2, 0.25) is 5.95 Å². The molecular weight excluding hydrogens is 418 g/mol. The molecule has 8 heteroatoms. The van der Waals surface area contributed by atoms with Crippen LogP contribution in [0.2, 0.25) is 0 Å². The van der Waals surface area contributed by atoms with Gasteiger partial charge in [-0.25, -0.2) is 20.3 Å². The first kappa shape index (κ1) is 23.4. The summed E-state index contributed by atoms with van der Waals surface area (Å²) in [6, 6.07) is 9.04. The summed E-state index contributed by atoms with van der Waals surface area (Å²) in [7, 11) is 0. The first-order valence-corrected chi connectivity index (χ1v) is 11.7. The number of benzene rings is 1. The summed E-state index contributed by atoms with van der Waals surface area (Å²) < 4.78 is 5.43. The van der Waals surface area contributed by atoms with Crippen LogP contribution in [-0.4, -0.2) is 52.8 Å². The van der Waals surface area contributed by atoms with Gasteiger partial charge in [-0.1, -0.05) is 29.8 Å². The number of ether oxygens (including phenoxy) is 1. The van der Waals surface area contributed by atoms with Gasteiger partial charge in [0, 0.05) is 56.5 Å². The minimum Gasteiger partial charge on any atom is -0.350 e. The number of likely N-dealkylation sites (tertiary alicyclic amines) is 1. The van der Waals surface area contributed by atoms with Gasteiger partial charge in [-0.05, 0) is 44.7 Å². The average molecular weight is 452 g/mol. The van der Waals surface area contributed by atoms with Crippen molar-refractivity contribution in [2.75, 3.05) is 25.0 Å². The van der Waals surface area contributed by atoms with E-state index in [-0.39, 0.29) is 12.2 Å². The van der Waals surface area contributed by atoms with Crippen molar-refractivity contribution in [2.24, 2.45) is 0 Å². The summed E-state index contributed by atoms with van der Waals surface area (Å²) in [5, 5.41) is 3.45. The molecule has 1 amide bonds. The molecule has 33 heavy (non-hydrogen) atoms. The molecule has 2 N–H and O–H groups in total. The van der Waals surface area contributed by atoms with Crippen LogP contribution in [0.1, 0.15) is 48.1 Å². The highest BCUT2D eigenvalue weighted by atomic mass is 16.8. The molecule has 2 fully saturated rings. The number of hydroxylamine groups is 1. The third-order valence-corrected chi connectivity index (χ3v) is 5.99. The molecule has 1 aromatic carbocycles. The second-order valence-corrected chi connectivity index (χ2v) is 8.80. The van der Waals surface area contributed by atoms with Gasteiger partial charge in [-0.15, -0.1) is 0 Å². The summed E-state index contributed by atoms with van der Waals surface area (Å²) in [4.78, 5) is 28.8. The molecule has 3 heterocycles. The molecule has 2 atom stereocenters. The largest absolute Gasteiger partial charge is 0.350 e. The quantitative estimate of drug-likeness (QED) is 0.470. The normalized spacial score (nSPS) is 21.4. The molecule has 2 aliphatic heterocycles. The van der Waals surface area contributed by atoms with Crippen molar-refractivity contribution in [3.05, 3.63) is 58.9 Å². The van der Waals surface area contributed by atoms with Crippen LogP contribution >= 0.6 is 0 Å². The SMILES string of the molecule is Cc1ccc(CN2CC[C@@H](Nc3ncc(C=CC(=O)NOC4CCCCO4)c(C)n3)C2)cc1. The molecule has 8 nitrogen and oxygen atoms in total. The van der Waals surface area contributed by atoms with E-state index in [0.717, 1.165) is 56.6 Å². The molecule has 0 aliphatic carbocycles. The van der Waals surface area contributed by atoms with Gasteiger partial charge in [0.25, 0.3) is 5.91 Å². The lowest BCUT2D eigenvalue weighted by molar-refractivity contribution is -0.198. The first-order valence-electron chi connectivity index (χ1n) is 11.7. The monoisotopic (exact) mass is 451 g/mol.